The van der Waals surface area contributed by atoms with Crippen LogP contribution in [-0.2, 0) is 6.54 Å². The lowest BCUT2D eigenvalue weighted by molar-refractivity contribution is 0.293. The van der Waals surface area contributed by atoms with Crippen LogP contribution in [0.25, 0.3) is 0 Å². The zero-order chi connectivity index (χ0) is 13.2. The molecular weight excluding hydrogens is 242 g/mol. The lowest BCUT2D eigenvalue weighted by atomic mass is 9.84. The van der Waals surface area contributed by atoms with Crippen LogP contribution in [0, 0.1) is 5.41 Å². The third-order valence-electron chi connectivity index (χ3n) is 3.40. The van der Waals surface area contributed by atoms with Gasteiger partial charge >= 0.3 is 0 Å². The molecule has 0 saturated carbocycles. The fraction of sp³-hybridized carbons (Fsp3) is 0.786. The van der Waals surface area contributed by atoms with Gasteiger partial charge in [0.1, 0.15) is 0 Å². The monoisotopic (exact) mass is 267 g/mol. The Labute approximate surface area is 115 Å². The predicted molar refractivity (Wildman–Crippen MR) is 79.3 cm³/mol. The highest BCUT2D eigenvalue weighted by Gasteiger charge is 2.27. The van der Waals surface area contributed by atoms with Gasteiger partial charge in [-0.3, -0.25) is 0 Å². The second kappa shape index (κ2) is 5.57. The standard InChI is InChI=1S/C14H25N3S/c1-11(2)15-8-12-9-16-13(18-12)17-7-5-6-14(3,4)10-17/h9,11,15H,5-8,10H2,1-4H3. The molecule has 0 atom stereocenters. The Morgan fingerprint density at radius 1 is 1.50 bits per heavy atom. The number of anilines is 1. The molecule has 2 rings (SSSR count). The minimum absolute atomic E-state index is 0.431. The molecule has 0 amide bonds. The molecule has 2 heterocycles. The van der Waals surface area contributed by atoms with E-state index in [0.717, 1.165) is 19.6 Å². The summed E-state index contributed by atoms with van der Waals surface area (Å²) in [5.74, 6) is 0. The molecule has 102 valence electrons. The van der Waals surface area contributed by atoms with Crippen molar-refractivity contribution in [1.82, 2.24) is 10.3 Å². The van der Waals surface area contributed by atoms with E-state index in [1.165, 1.54) is 22.9 Å². The van der Waals surface area contributed by atoms with Gasteiger partial charge in [0, 0.05) is 36.8 Å². The molecule has 1 saturated heterocycles. The highest BCUT2D eigenvalue weighted by atomic mass is 32.1. The zero-order valence-electron chi connectivity index (χ0n) is 12.0. The van der Waals surface area contributed by atoms with E-state index in [0.29, 0.717) is 11.5 Å². The van der Waals surface area contributed by atoms with Gasteiger partial charge in [-0.25, -0.2) is 4.98 Å². The molecule has 1 aromatic heterocycles. The first-order valence-electron chi connectivity index (χ1n) is 6.89. The number of aromatic nitrogens is 1. The molecule has 0 radical (unpaired) electrons. The maximum absolute atomic E-state index is 4.59. The molecule has 1 aliphatic rings. The normalized spacial score (nSPS) is 19.5. The Balaban J connectivity index is 1.97. The first-order chi connectivity index (χ1) is 8.46. The summed E-state index contributed by atoms with van der Waals surface area (Å²) in [4.78, 5) is 8.37. The van der Waals surface area contributed by atoms with Gasteiger partial charge in [-0.05, 0) is 18.3 Å². The lowest BCUT2D eigenvalue weighted by Gasteiger charge is -2.37. The fourth-order valence-electron chi connectivity index (χ4n) is 2.42. The molecule has 1 aliphatic heterocycles. The Morgan fingerprint density at radius 3 is 2.94 bits per heavy atom. The van der Waals surface area contributed by atoms with Crippen LogP contribution in [-0.4, -0.2) is 24.1 Å². The number of piperidine rings is 1. The molecule has 3 nitrogen and oxygen atoms in total. The summed E-state index contributed by atoms with van der Waals surface area (Å²) in [7, 11) is 0. The maximum atomic E-state index is 4.59. The molecule has 4 heteroatoms. The van der Waals surface area contributed by atoms with Crippen LogP contribution >= 0.6 is 11.3 Å². The van der Waals surface area contributed by atoms with Crippen LogP contribution in [0.4, 0.5) is 5.13 Å². The van der Waals surface area contributed by atoms with Crippen molar-refractivity contribution in [3.05, 3.63) is 11.1 Å². The van der Waals surface area contributed by atoms with E-state index in [9.17, 15) is 0 Å². The van der Waals surface area contributed by atoms with Crippen LogP contribution in [0.15, 0.2) is 6.20 Å². The highest BCUT2D eigenvalue weighted by Crippen LogP contribution is 2.33. The van der Waals surface area contributed by atoms with Crippen LogP contribution < -0.4 is 10.2 Å². The minimum atomic E-state index is 0.431. The smallest absolute Gasteiger partial charge is 0.185 e. The summed E-state index contributed by atoms with van der Waals surface area (Å²) in [5, 5.41) is 4.64. The van der Waals surface area contributed by atoms with E-state index >= 15 is 0 Å². The molecule has 0 unspecified atom stereocenters. The SMILES string of the molecule is CC(C)NCc1cnc(N2CCCC(C)(C)C2)s1. The summed E-state index contributed by atoms with van der Waals surface area (Å²) in [6.07, 6.45) is 4.64. The van der Waals surface area contributed by atoms with E-state index in [1.807, 2.05) is 17.5 Å². The lowest BCUT2D eigenvalue weighted by Crippen LogP contribution is -2.40. The maximum Gasteiger partial charge on any atom is 0.185 e. The van der Waals surface area contributed by atoms with E-state index in [2.05, 4.69) is 42.9 Å². The summed E-state index contributed by atoms with van der Waals surface area (Å²) < 4.78 is 0. The Kier molecular flexibility index (Phi) is 4.28. The number of thiazole rings is 1. The van der Waals surface area contributed by atoms with Crippen LogP contribution in [0.1, 0.15) is 45.4 Å². The quantitative estimate of drug-likeness (QED) is 0.907. The first-order valence-corrected chi connectivity index (χ1v) is 7.71. The van der Waals surface area contributed by atoms with Gasteiger partial charge < -0.3 is 10.2 Å². The molecule has 0 spiro atoms. The van der Waals surface area contributed by atoms with Gasteiger partial charge in [0.05, 0.1) is 0 Å². The third-order valence-corrected chi connectivity index (χ3v) is 4.46. The van der Waals surface area contributed by atoms with Gasteiger partial charge in [0.2, 0.25) is 0 Å². The topological polar surface area (TPSA) is 28.2 Å². The van der Waals surface area contributed by atoms with Crippen molar-refractivity contribution in [1.29, 1.82) is 0 Å². The minimum Gasteiger partial charge on any atom is -0.348 e. The highest BCUT2D eigenvalue weighted by molar-refractivity contribution is 7.15. The van der Waals surface area contributed by atoms with Gasteiger partial charge in [0.25, 0.3) is 0 Å². The molecule has 1 fully saturated rings. The third kappa shape index (κ3) is 3.69. The second-order valence-electron chi connectivity index (χ2n) is 6.33. The zero-order valence-corrected chi connectivity index (χ0v) is 12.8. The summed E-state index contributed by atoms with van der Waals surface area (Å²) in [6.45, 7) is 12.3. The van der Waals surface area contributed by atoms with Crippen molar-refractivity contribution in [2.24, 2.45) is 5.41 Å². The Morgan fingerprint density at radius 2 is 2.28 bits per heavy atom. The summed E-state index contributed by atoms with van der Waals surface area (Å²) in [6, 6.07) is 0.532. The summed E-state index contributed by atoms with van der Waals surface area (Å²) >= 11 is 1.83. The van der Waals surface area contributed by atoms with Crippen molar-refractivity contribution in [2.45, 2.75) is 53.1 Å². The molecule has 18 heavy (non-hydrogen) atoms. The summed E-state index contributed by atoms with van der Waals surface area (Å²) in [5.41, 5.74) is 0.431. The van der Waals surface area contributed by atoms with Crippen molar-refractivity contribution < 1.29 is 0 Å². The van der Waals surface area contributed by atoms with E-state index in [4.69, 9.17) is 0 Å². The first kappa shape index (κ1) is 13.8. The molecule has 0 aromatic carbocycles. The van der Waals surface area contributed by atoms with Gasteiger partial charge in [-0.15, -0.1) is 11.3 Å². The molecule has 0 bridgehead atoms. The number of nitrogens with one attached hydrogen (secondary N) is 1. The van der Waals surface area contributed by atoms with E-state index in [-0.39, 0.29) is 0 Å². The Hall–Kier alpha value is -0.610. The number of nitrogens with zero attached hydrogens (tertiary/aromatic N) is 2. The van der Waals surface area contributed by atoms with E-state index < -0.39 is 0 Å². The van der Waals surface area contributed by atoms with Gasteiger partial charge in [0.15, 0.2) is 5.13 Å². The van der Waals surface area contributed by atoms with Crippen LogP contribution in [0.3, 0.4) is 0 Å². The largest absolute Gasteiger partial charge is 0.348 e. The number of hydrogen-bond acceptors (Lipinski definition) is 4. The second-order valence-corrected chi connectivity index (χ2v) is 7.43. The van der Waals surface area contributed by atoms with Crippen LogP contribution in [0.5, 0.6) is 0 Å². The number of hydrogen-bond donors (Lipinski definition) is 1. The fourth-order valence-corrected chi connectivity index (χ4v) is 3.30. The molecular formula is C14H25N3S. The van der Waals surface area contributed by atoms with E-state index in [1.54, 1.807) is 0 Å². The van der Waals surface area contributed by atoms with Crippen molar-refractivity contribution in [3.8, 4) is 0 Å². The average molecular weight is 267 g/mol. The predicted octanol–water partition coefficient (Wildman–Crippen LogP) is 3.27. The Bertz CT molecular complexity index is 384. The molecule has 1 aromatic rings. The molecule has 1 N–H and O–H groups in total. The average Bonchev–Trinajstić information content (AvgIpc) is 2.73. The van der Waals surface area contributed by atoms with Crippen molar-refractivity contribution >= 4 is 16.5 Å². The van der Waals surface area contributed by atoms with Crippen molar-refractivity contribution in [3.63, 3.8) is 0 Å². The van der Waals surface area contributed by atoms with Crippen LogP contribution in [0.2, 0.25) is 0 Å². The number of rotatable bonds is 4. The van der Waals surface area contributed by atoms with Gasteiger partial charge in [-0.1, -0.05) is 27.7 Å². The van der Waals surface area contributed by atoms with Gasteiger partial charge in [-0.2, -0.15) is 0 Å². The van der Waals surface area contributed by atoms with Crippen molar-refractivity contribution in [2.75, 3.05) is 18.0 Å². The molecule has 0 aliphatic carbocycles.